The third-order valence-electron chi connectivity index (χ3n) is 4.86. The van der Waals surface area contributed by atoms with Gasteiger partial charge < -0.3 is 14.4 Å². The molecule has 0 spiro atoms. The molecule has 1 amide bonds. The van der Waals surface area contributed by atoms with Gasteiger partial charge in [0, 0.05) is 31.4 Å². The van der Waals surface area contributed by atoms with Gasteiger partial charge in [0.05, 0.1) is 19.9 Å². The molecule has 27 heavy (non-hydrogen) atoms. The smallest absolute Gasteiger partial charge is 0.259 e. The minimum atomic E-state index is -0.0159. The number of nitrogens with zero attached hydrogens (tertiary/aromatic N) is 4. The Bertz CT molecular complexity index is 922. The van der Waals surface area contributed by atoms with Crippen molar-refractivity contribution in [3.63, 3.8) is 0 Å². The van der Waals surface area contributed by atoms with Crippen LogP contribution in [-0.2, 0) is 0 Å². The maximum absolute atomic E-state index is 12.9. The van der Waals surface area contributed by atoms with Gasteiger partial charge in [-0.2, -0.15) is 5.10 Å². The lowest BCUT2D eigenvalue weighted by Crippen LogP contribution is -2.41. The third kappa shape index (κ3) is 3.72. The normalized spacial score (nSPS) is 17.1. The van der Waals surface area contributed by atoms with E-state index in [2.05, 4.69) is 10.1 Å². The molecule has 7 heteroatoms. The van der Waals surface area contributed by atoms with Gasteiger partial charge in [0.15, 0.2) is 5.65 Å². The molecule has 1 aliphatic rings. The molecule has 7 nitrogen and oxygen atoms in total. The van der Waals surface area contributed by atoms with Crippen LogP contribution in [0.1, 0.15) is 23.2 Å². The molecule has 3 heterocycles. The van der Waals surface area contributed by atoms with E-state index in [1.54, 1.807) is 36.3 Å². The number of hydrogen-bond donors (Lipinski definition) is 0. The third-order valence-corrected chi connectivity index (χ3v) is 4.86. The van der Waals surface area contributed by atoms with Gasteiger partial charge >= 0.3 is 0 Å². The highest BCUT2D eigenvalue weighted by molar-refractivity contribution is 5.99. The maximum Gasteiger partial charge on any atom is 0.259 e. The summed E-state index contributed by atoms with van der Waals surface area (Å²) in [7, 11) is 1.64. The minimum absolute atomic E-state index is 0.0159. The first kappa shape index (κ1) is 17.3. The first-order valence-corrected chi connectivity index (χ1v) is 9.09. The van der Waals surface area contributed by atoms with Crippen LogP contribution in [0.4, 0.5) is 0 Å². The van der Waals surface area contributed by atoms with E-state index in [0.29, 0.717) is 30.3 Å². The number of carbonyl (C=O) groups is 1. The Labute approximate surface area is 157 Å². The van der Waals surface area contributed by atoms with Crippen molar-refractivity contribution in [1.29, 1.82) is 0 Å². The maximum atomic E-state index is 12.9. The predicted octanol–water partition coefficient (Wildman–Crippen LogP) is 2.67. The fourth-order valence-corrected chi connectivity index (χ4v) is 3.42. The molecule has 1 unspecified atom stereocenters. The van der Waals surface area contributed by atoms with E-state index in [1.165, 1.54) is 0 Å². The van der Waals surface area contributed by atoms with Crippen molar-refractivity contribution in [3.05, 3.63) is 54.5 Å². The highest BCUT2D eigenvalue weighted by Crippen LogP contribution is 2.22. The number of rotatable bonds is 5. The van der Waals surface area contributed by atoms with Crippen molar-refractivity contribution >= 4 is 11.6 Å². The molecule has 1 fully saturated rings. The van der Waals surface area contributed by atoms with Crippen molar-refractivity contribution in [2.75, 3.05) is 26.8 Å². The van der Waals surface area contributed by atoms with E-state index >= 15 is 0 Å². The number of likely N-dealkylation sites (tertiary alicyclic amines) is 1. The molecule has 0 bridgehead atoms. The number of carbonyl (C=O) groups excluding carboxylic acids is 1. The largest absolute Gasteiger partial charge is 0.497 e. The fourth-order valence-electron chi connectivity index (χ4n) is 3.42. The van der Waals surface area contributed by atoms with Crippen LogP contribution in [-0.4, -0.2) is 52.2 Å². The van der Waals surface area contributed by atoms with E-state index in [9.17, 15) is 4.79 Å². The molecule has 2 aromatic heterocycles. The van der Waals surface area contributed by atoms with Crippen LogP contribution >= 0.6 is 0 Å². The second-order valence-corrected chi connectivity index (χ2v) is 6.69. The zero-order valence-electron chi connectivity index (χ0n) is 15.2. The van der Waals surface area contributed by atoms with Crippen LogP contribution in [0.5, 0.6) is 11.5 Å². The Kier molecular flexibility index (Phi) is 4.91. The summed E-state index contributed by atoms with van der Waals surface area (Å²) in [4.78, 5) is 19.1. The van der Waals surface area contributed by atoms with Crippen molar-refractivity contribution in [3.8, 4) is 11.5 Å². The van der Waals surface area contributed by atoms with Crippen molar-refractivity contribution in [1.82, 2.24) is 19.5 Å². The average molecular weight is 366 g/mol. The number of hydrogen-bond acceptors (Lipinski definition) is 5. The zero-order valence-corrected chi connectivity index (χ0v) is 15.2. The molecule has 3 aromatic rings. The van der Waals surface area contributed by atoms with Crippen molar-refractivity contribution in [2.45, 2.75) is 12.8 Å². The summed E-state index contributed by atoms with van der Waals surface area (Å²) in [5.74, 6) is 1.90. The van der Waals surface area contributed by atoms with Gasteiger partial charge in [0.1, 0.15) is 17.1 Å². The molecule has 1 aromatic carbocycles. The number of piperidine rings is 1. The van der Waals surface area contributed by atoms with E-state index in [1.807, 2.05) is 29.2 Å². The van der Waals surface area contributed by atoms with Crippen molar-refractivity contribution < 1.29 is 14.3 Å². The van der Waals surface area contributed by atoms with Crippen LogP contribution in [0.25, 0.3) is 5.65 Å². The lowest BCUT2D eigenvalue weighted by Gasteiger charge is -2.32. The first-order valence-electron chi connectivity index (χ1n) is 9.09. The minimum Gasteiger partial charge on any atom is -0.497 e. The van der Waals surface area contributed by atoms with E-state index in [-0.39, 0.29) is 5.91 Å². The molecule has 0 saturated carbocycles. The quantitative estimate of drug-likeness (QED) is 0.694. The zero-order chi connectivity index (χ0) is 18.6. The van der Waals surface area contributed by atoms with Gasteiger partial charge in [0.2, 0.25) is 0 Å². The predicted molar refractivity (Wildman–Crippen MR) is 100 cm³/mol. The number of ether oxygens (including phenoxy) is 2. The topological polar surface area (TPSA) is 69.0 Å². The second-order valence-electron chi connectivity index (χ2n) is 6.69. The molecule has 1 aliphatic heterocycles. The second kappa shape index (κ2) is 7.65. The van der Waals surface area contributed by atoms with Gasteiger partial charge in [0.25, 0.3) is 5.91 Å². The summed E-state index contributed by atoms with van der Waals surface area (Å²) in [6.45, 7) is 2.02. The Morgan fingerprint density at radius 3 is 2.89 bits per heavy atom. The molecule has 4 rings (SSSR count). The molecular formula is C20H22N4O3. The summed E-state index contributed by atoms with van der Waals surface area (Å²) in [5, 5.41) is 4.22. The highest BCUT2D eigenvalue weighted by atomic mass is 16.5. The van der Waals surface area contributed by atoms with Gasteiger partial charge in [-0.1, -0.05) is 0 Å². The van der Waals surface area contributed by atoms with Crippen molar-refractivity contribution in [2.24, 2.45) is 5.92 Å². The number of amides is 1. The Hall–Kier alpha value is -3.09. The molecular weight excluding hydrogens is 344 g/mol. The summed E-state index contributed by atoms with van der Waals surface area (Å²) >= 11 is 0. The first-order chi connectivity index (χ1) is 13.2. The summed E-state index contributed by atoms with van der Waals surface area (Å²) in [5.41, 5.74) is 1.14. The standard InChI is InChI=1S/C20H22N4O3/c1-26-16-5-7-17(8-6-16)27-14-15-4-2-10-23(13-15)20(25)18-12-22-24-11-3-9-21-19(18)24/h3,5-9,11-12,15H,2,4,10,13-14H2,1H3. The summed E-state index contributed by atoms with van der Waals surface area (Å²) < 4.78 is 12.7. The Morgan fingerprint density at radius 1 is 1.26 bits per heavy atom. The Balaban J connectivity index is 1.39. The van der Waals surface area contributed by atoms with Crippen LogP contribution in [0.2, 0.25) is 0 Å². The van der Waals surface area contributed by atoms with E-state index < -0.39 is 0 Å². The van der Waals surface area contributed by atoms with Crippen LogP contribution in [0.15, 0.2) is 48.9 Å². The van der Waals surface area contributed by atoms with Gasteiger partial charge in [-0.25, -0.2) is 9.50 Å². The molecule has 1 saturated heterocycles. The number of benzene rings is 1. The van der Waals surface area contributed by atoms with Gasteiger partial charge in [-0.15, -0.1) is 0 Å². The van der Waals surface area contributed by atoms with Crippen LogP contribution in [0.3, 0.4) is 0 Å². The molecule has 0 N–H and O–H groups in total. The van der Waals surface area contributed by atoms with Crippen LogP contribution < -0.4 is 9.47 Å². The molecule has 140 valence electrons. The lowest BCUT2D eigenvalue weighted by atomic mass is 9.98. The highest BCUT2D eigenvalue weighted by Gasteiger charge is 2.27. The molecule has 0 radical (unpaired) electrons. The van der Waals surface area contributed by atoms with Gasteiger partial charge in [-0.05, 0) is 43.2 Å². The number of methoxy groups -OCH3 is 1. The van der Waals surface area contributed by atoms with Crippen LogP contribution in [0, 0.1) is 5.92 Å². The summed E-state index contributed by atoms with van der Waals surface area (Å²) in [6, 6.07) is 9.35. The summed E-state index contributed by atoms with van der Waals surface area (Å²) in [6.07, 6.45) is 7.08. The lowest BCUT2D eigenvalue weighted by molar-refractivity contribution is 0.0635. The SMILES string of the molecule is COc1ccc(OCC2CCCN(C(=O)c3cnn4cccnc34)C2)cc1. The van der Waals surface area contributed by atoms with E-state index in [0.717, 1.165) is 30.9 Å². The monoisotopic (exact) mass is 366 g/mol. The number of aromatic nitrogens is 3. The Morgan fingerprint density at radius 2 is 2.07 bits per heavy atom. The molecule has 0 aliphatic carbocycles. The van der Waals surface area contributed by atoms with Gasteiger partial charge in [-0.3, -0.25) is 4.79 Å². The van der Waals surface area contributed by atoms with E-state index in [4.69, 9.17) is 9.47 Å². The fraction of sp³-hybridized carbons (Fsp3) is 0.350. The molecule has 1 atom stereocenters. The average Bonchev–Trinajstić information content (AvgIpc) is 3.16. The number of fused-ring (bicyclic) bond motifs is 1.